The Labute approximate surface area is 203 Å². The lowest BCUT2D eigenvalue weighted by Crippen LogP contribution is -2.26. The Morgan fingerprint density at radius 1 is 1.09 bits per heavy atom. The fourth-order valence-corrected chi connectivity index (χ4v) is 4.47. The summed E-state index contributed by atoms with van der Waals surface area (Å²) in [5.41, 5.74) is 4.48. The fraction of sp³-hybridized carbons (Fsp3) is 0.107. The molecule has 1 aromatic heterocycles. The maximum absolute atomic E-state index is 13.6. The lowest BCUT2D eigenvalue weighted by molar-refractivity contribution is -0.117. The van der Waals surface area contributed by atoms with Crippen LogP contribution in [0.3, 0.4) is 0 Å². The van der Waals surface area contributed by atoms with Crippen molar-refractivity contribution in [3.8, 4) is 0 Å². The van der Waals surface area contributed by atoms with Crippen molar-refractivity contribution in [1.29, 1.82) is 0 Å². The minimum Gasteiger partial charge on any atom is -0.352 e. The standard InChI is InChI=1S/C28H24FN3OS/c1-3-20(28(33)31-17-15-23-8-6-7-16-30-23)18-25-19(2)34-26-10-5-4-9-24(26)27(32-25)21-11-13-22(29)14-12-21/h3-14,16,18H,1,15,17H2,2H3,(H,31,33)/b20-18+. The predicted octanol–water partition coefficient (Wildman–Crippen LogP) is 5.87. The predicted molar refractivity (Wildman–Crippen MR) is 136 cm³/mol. The molecule has 1 N–H and O–H groups in total. The molecule has 0 saturated heterocycles. The second-order valence-corrected chi connectivity index (χ2v) is 8.89. The number of thioether (sulfide) groups is 1. The van der Waals surface area contributed by atoms with Gasteiger partial charge in [0.2, 0.25) is 0 Å². The molecule has 1 amide bonds. The minimum atomic E-state index is -0.302. The average Bonchev–Trinajstić information content (AvgIpc) is 2.99. The van der Waals surface area contributed by atoms with Crippen LogP contribution < -0.4 is 5.32 Å². The van der Waals surface area contributed by atoms with Gasteiger partial charge < -0.3 is 5.32 Å². The van der Waals surface area contributed by atoms with Crippen molar-refractivity contribution in [2.75, 3.05) is 6.54 Å². The quantitative estimate of drug-likeness (QED) is 0.348. The van der Waals surface area contributed by atoms with Crippen LogP contribution in [0.15, 0.2) is 118 Å². The van der Waals surface area contributed by atoms with Crippen LogP contribution in [0.1, 0.15) is 23.7 Å². The van der Waals surface area contributed by atoms with E-state index in [4.69, 9.17) is 4.99 Å². The summed E-state index contributed by atoms with van der Waals surface area (Å²) in [6.07, 6.45) is 5.66. The highest BCUT2D eigenvalue weighted by Gasteiger charge is 2.19. The van der Waals surface area contributed by atoms with Crippen molar-refractivity contribution in [1.82, 2.24) is 10.3 Å². The molecule has 4 nitrogen and oxygen atoms in total. The summed E-state index contributed by atoms with van der Waals surface area (Å²) in [4.78, 5) is 24.1. The van der Waals surface area contributed by atoms with Crippen LogP contribution in [0.2, 0.25) is 0 Å². The molecule has 0 radical (unpaired) electrons. The van der Waals surface area contributed by atoms with E-state index in [0.717, 1.165) is 32.3 Å². The maximum Gasteiger partial charge on any atom is 0.251 e. The van der Waals surface area contributed by atoms with E-state index in [-0.39, 0.29) is 11.7 Å². The molecular formula is C28H24FN3OS. The van der Waals surface area contributed by atoms with Gasteiger partial charge in [0, 0.05) is 51.4 Å². The first-order chi connectivity index (χ1) is 16.5. The van der Waals surface area contributed by atoms with Crippen LogP contribution in [-0.2, 0) is 11.2 Å². The van der Waals surface area contributed by atoms with E-state index < -0.39 is 0 Å². The van der Waals surface area contributed by atoms with Crippen LogP contribution in [0, 0.1) is 5.82 Å². The van der Waals surface area contributed by atoms with Gasteiger partial charge in [-0.25, -0.2) is 9.38 Å². The van der Waals surface area contributed by atoms with Crippen LogP contribution in [0.4, 0.5) is 4.39 Å². The van der Waals surface area contributed by atoms with E-state index in [9.17, 15) is 9.18 Å². The van der Waals surface area contributed by atoms with Crippen LogP contribution in [-0.4, -0.2) is 23.1 Å². The Morgan fingerprint density at radius 2 is 1.85 bits per heavy atom. The van der Waals surface area contributed by atoms with Gasteiger partial charge in [-0.2, -0.15) is 0 Å². The van der Waals surface area contributed by atoms with E-state index >= 15 is 0 Å². The first-order valence-corrected chi connectivity index (χ1v) is 11.7. The number of pyridine rings is 1. The summed E-state index contributed by atoms with van der Waals surface area (Å²) < 4.78 is 13.6. The van der Waals surface area contributed by atoms with E-state index in [1.165, 1.54) is 18.2 Å². The van der Waals surface area contributed by atoms with E-state index in [0.29, 0.717) is 24.2 Å². The highest BCUT2D eigenvalue weighted by molar-refractivity contribution is 8.03. The van der Waals surface area contributed by atoms with Crippen LogP contribution in [0.5, 0.6) is 0 Å². The number of halogens is 1. The molecule has 0 spiro atoms. The SMILES string of the molecule is C=C/C(=C\C1=C(C)Sc2ccccc2C(c2ccc(F)cc2)=N1)C(=O)NCCc1ccccn1. The van der Waals surface area contributed by atoms with Crippen molar-refractivity contribution < 1.29 is 9.18 Å². The topological polar surface area (TPSA) is 54.4 Å². The smallest absolute Gasteiger partial charge is 0.251 e. The molecule has 0 unspecified atom stereocenters. The van der Waals surface area contributed by atoms with Gasteiger partial charge in [0.15, 0.2) is 0 Å². The Hall–Kier alpha value is -3.77. The third-order valence-corrected chi connectivity index (χ3v) is 6.37. The Bertz CT molecular complexity index is 1290. The molecule has 0 bridgehead atoms. The monoisotopic (exact) mass is 469 g/mol. The second-order valence-electron chi connectivity index (χ2n) is 7.64. The zero-order chi connectivity index (χ0) is 23.9. The highest BCUT2D eigenvalue weighted by Crippen LogP contribution is 2.37. The third-order valence-electron chi connectivity index (χ3n) is 5.28. The van der Waals surface area contributed by atoms with Crippen LogP contribution in [0.25, 0.3) is 0 Å². The van der Waals surface area contributed by atoms with E-state index in [1.807, 2.05) is 49.4 Å². The van der Waals surface area contributed by atoms with Gasteiger partial charge in [-0.05, 0) is 55.5 Å². The van der Waals surface area contributed by atoms with Gasteiger partial charge in [0.1, 0.15) is 5.82 Å². The average molecular weight is 470 g/mol. The van der Waals surface area contributed by atoms with Crippen molar-refractivity contribution in [2.24, 2.45) is 4.99 Å². The number of allylic oxidation sites excluding steroid dienone is 2. The number of carbonyl (C=O) groups is 1. The molecule has 0 atom stereocenters. The minimum absolute atomic E-state index is 0.225. The molecule has 3 aromatic rings. The van der Waals surface area contributed by atoms with Crippen molar-refractivity contribution >= 4 is 23.4 Å². The van der Waals surface area contributed by atoms with Gasteiger partial charge in [0.05, 0.1) is 11.4 Å². The summed E-state index contributed by atoms with van der Waals surface area (Å²) >= 11 is 1.59. The van der Waals surface area contributed by atoms with E-state index in [2.05, 4.69) is 16.9 Å². The van der Waals surface area contributed by atoms with Gasteiger partial charge in [-0.15, -0.1) is 0 Å². The number of fused-ring (bicyclic) bond motifs is 1. The maximum atomic E-state index is 13.6. The molecule has 1 aliphatic heterocycles. The highest BCUT2D eigenvalue weighted by atomic mass is 32.2. The fourth-order valence-electron chi connectivity index (χ4n) is 3.51. The van der Waals surface area contributed by atoms with Gasteiger partial charge in [-0.3, -0.25) is 9.78 Å². The summed E-state index contributed by atoms with van der Waals surface area (Å²) in [5, 5.41) is 2.93. The van der Waals surface area contributed by atoms with Gasteiger partial charge >= 0.3 is 0 Å². The number of hydrogen-bond donors (Lipinski definition) is 1. The largest absolute Gasteiger partial charge is 0.352 e. The first kappa shape index (κ1) is 23.4. The molecule has 4 rings (SSSR count). The molecule has 34 heavy (non-hydrogen) atoms. The normalized spacial score (nSPS) is 13.6. The lowest BCUT2D eigenvalue weighted by Gasteiger charge is -2.09. The van der Waals surface area contributed by atoms with Gasteiger partial charge in [-0.1, -0.05) is 48.7 Å². The molecule has 1 aliphatic rings. The summed E-state index contributed by atoms with van der Waals surface area (Å²) in [5.74, 6) is -0.527. The lowest BCUT2D eigenvalue weighted by atomic mass is 10.0. The zero-order valence-electron chi connectivity index (χ0n) is 18.8. The number of benzene rings is 2. The Kier molecular flexibility index (Phi) is 7.50. The first-order valence-electron chi connectivity index (χ1n) is 10.9. The number of amides is 1. The number of carbonyl (C=O) groups excluding carboxylic acids is 1. The Balaban J connectivity index is 1.64. The summed E-state index contributed by atoms with van der Waals surface area (Å²) in [6.45, 7) is 6.27. The zero-order valence-corrected chi connectivity index (χ0v) is 19.6. The molecule has 170 valence electrons. The molecular weight excluding hydrogens is 445 g/mol. The second kappa shape index (κ2) is 10.9. The van der Waals surface area contributed by atoms with Gasteiger partial charge in [0.25, 0.3) is 5.91 Å². The molecule has 2 heterocycles. The summed E-state index contributed by atoms with van der Waals surface area (Å²) in [6, 6.07) is 20.0. The number of hydrogen-bond acceptors (Lipinski definition) is 4. The molecule has 0 aliphatic carbocycles. The molecule has 6 heteroatoms. The number of rotatable bonds is 7. The third kappa shape index (κ3) is 5.58. The Morgan fingerprint density at radius 3 is 2.59 bits per heavy atom. The molecule has 0 fully saturated rings. The number of aliphatic imine (C=N–C) groups is 1. The van der Waals surface area contributed by atoms with Crippen molar-refractivity contribution in [2.45, 2.75) is 18.2 Å². The van der Waals surface area contributed by atoms with Crippen molar-refractivity contribution in [3.05, 3.63) is 130 Å². The number of aromatic nitrogens is 1. The summed E-state index contributed by atoms with van der Waals surface area (Å²) in [7, 11) is 0. The van der Waals surface area contributed by atoms with Crippen LogP contribution >= 0.6 is 11.8 Å². The van der Waals surface area contributed by atoms with E-state index in [1.54, 1.807) is 36.2 Å². The van der Waals surface area contributed by atoms with Crippen molar-refractivity contribution in [3.63, 3.8) is 0 Å². The molecule has 0 saturated carbocycles. The molecule has 2 aromatic carbocycles. The number of nitrogens with one attached hydrogen (secondary N) is 1. The number of nitrogens with zero attached hydrogens (tertiary/aromatic N) is 2.